The number of carbonyl (C=O) groups excluding carboxylic acids is 2. The molecule has 1 N–H and O–H groups in total. The molecule has 3 rings (SSSR count). The maximum atomic E-state index is 14.1. The number of halogens is 2. The van der Waals surface area contributed by atoms with E-state index in [1.165, 1.54) is 23.1 Å². The summed E-state index contributed by atoms with van der Waals surface area (Å²) in [7, 11) is -4.18. The molecule has 214 valence electrons. The number of hydrogen-bond donors (Lipinski definition) is 1. The largest absolute Gasteiger partial charge is 0.350 e. The van der Waals surface area contributed by atoms with Gasteiger partial charge in [-0.25, -0.2) is 8.42 Å². The summed E-state index contributed by atoms with van der Waals surface area (Å²) in [6, 6.07) is 18.9. The maximum absolute atomic E-state index is 14.1. The first kappa shape index (κ1) is 31.5. The minimum Gasteiger partial charge on any atom is -0.350 e. The standard InChI is InChI=1S/C30H35Cl2N3O4S/c1-6-27(29(37)33-30(3,4)5)34(19-22-10-7-8-13-26(22)32)28(36)20-35(24-12-9-11-23(31)18-24)40(38,39)25-16-14-21(2)15-17-25/h7-18,27H,6,19-20H2,1-5H3,(H,33,37)/t27-/m0/s1. The van der Waals surface area contributed by atoms with Gasteiger partial charge in [0.15, 0.2) is 0 Å². The van der Waals surface area contributed by atoms with E-state index < -0.39 is 34.1 Å². The van der Waals surface area contributed by atoms with E-state index in [0.717, 1.165) is 9.87 Å². The lowest BCUT2D eigenvalue weighted by atomic mass is 10.1. The van der Waals surface area contributed by atoms with Crippen LogP contribution >= 0.6 is 23.2 Å². The highest BCUT2D eigenvalue weighted by Gasteiger charge is 2.35. The second-order valence-corrected chi connectivity index (χ2v) is 13.3. The quantitative estimate of drug-likeness (QED) is 0.298. The molecule has 2 amide bonds. The van der Waals surface area contributed by atoms with Gasteiger partial charge in [0.1, 0.15) is 12.6 Å². The molecule has 0 fully saturated rings. The Morgan fingerprint density at radius 3 is 2.17 bits per heavy atom. The summed E-state index contributed by atoms with van der Waals surface area (Å²) in [4.78, 5) is 28.9. The van der Waals surface area contributed by atoms with Gasteiger partial charge in [-0.1, -0.05) is 72.1 Å². The van der Waals surface area contributed by atoms with Crippen molar-refractivity contribution >= 4 is 50.7 Å². The zero-order chi connectivity index (χ0) is 29.7. The fourth-order valence-electron chi connectivity index (χ4n) is 4.18. The number of rotatable bonds is 10. The average molecular weight is 605 g/mol. The lowest BCUT2D eigenvalue weighted by Gasteiger charge is -2.35. The molecule has 0 aliphatic heterocycles. The Labute approximate surface area is 247 Å². The van der Waals surface area contributed by atoms with Crippen LogP contribution in [0.4, 0.5) is 5.69 Å². The van der Waals surface area contributed by atoms with E-state index in [-0.39, 0.29) is 23.0 Å². The average Bonchev–Trinajstić information content (AvgIpc) is 2.87. The van der Waals surface area contributed by atoms with Gasteiger partial charge >= 0.3 is 0 Å². The summed E-state index contributed by atoms with van der Waals surface area (Å²) in [5.74, 6) is -0.905. The number of benzene rings is 3. The van der Waals surface area contributed by atoms with Gasteiger partial charge in [0, 0.05) is 22.1 Å². The van der Waals surface area contributed by atoms with Crippen molar-refractivity contribution in [1.29, 1.82) is 0 Å². The highest BCUT2D eigenvalue weighted by atomic mass is 35.5. The third-order valence-corrected chi connectivity index (χ3v) is 8.56. The van der Waals surface area contributed by atoms with Gasteiger partial charge in [0.25, 0.3) is 10.0 Å². The molecule has 0 aliphatic rings. The SMILES string of the molecule is CC[C@@H](C(=O)NC(C)(C)C)N(Cc1ccccc1Cl)C(=O)CN(c1cccc(Cl)c1)S(=O)(=O)c1ccc(C)cc1. The van der Waals surface area contributed by atoms with Crippen LogP contribution in [0.5, 0.6) is 0 Å². The summed E-state index contributed by atoms with van der Waals surface area (Å²) in [6.45, 7) is 8.68. The number of aryl methyl sites for hydroxylation is 1. The number of carbonyl (C=O) groups is 2. The summed E-state index contributed by atoms with van der Waals surface area (Å²) < 4.78 is 28.8. The molecule has 0 unspecified atom stereocenters. The monoisotopic (exact) mass is 603 g/mol. The number of amides is 2. The van der Waals surface area contributed by atoms with E-state index in [1.54, 1.807) is 61.5 Å². The molecule has 7 nitrogen and oxygen atoms in total. The van der Waals surface area contributed by atoms with E-state index in [9.17, 15) is 18.0 Å². The first-order valence-electron chi connectivity index (χ1n) is 12.9. The topological polar surface area (TPSA) is 86.8 Å². The first-order valence-corrected chi connectivity index (χ1v) is 15.1. The van der Waals surface area contributed by atoms with E-state index >= 15 is 0 Å². The minimum absolute atomic E-state index is 0.0164. The van der Waals surface area contributed by atoms with Gasteiger partial charge in [-0.15, -0.1) is 0 Å². The van der Waals surface area contributed by atoms with Gasteiger partial charge in [-0.3, -0.25) is 13.9 Å². The van der Waals surface area contributed by atoms with E-state index in [1.807, 2.05) is 27.7 Å². The highest BCUT2D eigenvalue weighted by Crippen LogP contribution is 2.28. The van der Waals surface area contributed by atoms with Crippen LogP contribution in [0.2, 0.25) is 10.0 Å². The lowest BCUT2D eigenvalue weighted by molar-refractivity contribution is -0.141. The van der Waals surface area contributed by atoms with E-state index in [4.69, 9.17) is 23.2 Å². The number of sulfonamides is 1. The van der Waals surface area contributed by atoms with Gasteiger partial charge in [0.05, 0.1) is 10.6 Å². The summed E-state index contributed by atoms with van der Waals surface area (Å²) in [5.41, 5.74) is 1.22. The number of nitrogens with zero attached hydrogens (tertiary/aromatic N) is 2. The van der Waals surface area contributed by atoms with Crippen molar-refractivity contribution in [3.8, 4) is 0 Å². The fourth-order valence-corrected chi connectivity index (χ4v) is 5.97. The number of hydrogen-bond acceptors (Lipinski definition) is 4. The van der Waals surface area contributed by atoms with Gasteiger partial charge < -0.3 is 10.2 Å². The third kappa shape index (κ3) is 7.99. The summed E-state index contributed by atoms with van der Waals surface area (Å²) >= 11 is 12.7. The Balaban J connectivity index is 2.09. The lowest BCUT2D eigenvalue weighted by Crippen LogP contribution is -2.55. The fraction of sp³-hybridized carbons (Fsp3) is 0.333. The third-order valence-electron chi connectivity index (χ3n) is 6.17. The van der Waals surface area contributed by atoms with Crippen LogP contribution < -0.4 is 9.62 Å². The predicted molar refractivity (Wildman–Crippen MR) is 161 cm³/mol. The van der Waals surface area contributed by atoms with Crippen molar-refractivity contribution in [2.24, 2.45) is 0 Å². The van der Waals surface area contributed by atoms with Crippen molar-refractivity contribution in [3.63, 3.8) is 0 Å². The molecule has 1 atom stereocenters. The van der Waals surface area contributed by atoms with Crippen molar-refractivity contribution in [1.82, 2.24) is 10.2 Å². The normalized spacial score (nSPS) is 12.5. The van der Waals surface area contributed by atoms with Gasteiger partial charge in [0.2, 0.25) is 11.8 Å². The molecule has 0 aromatic heterocycles. The molecule has 0 aliphatic carbocycles. The number of anilines is 1. The van der Waals surface area contributed by atoms with Crippen LogP contribution in [0, 0.1) is 6.92 Å². The molecular weight excluding hydrogens is 569 g/mol. The minimum atomic E-state index is -4.18. The van der Waals surface area contributed by atoms with Crippen LogP contribution in [0.1, 0.15) is 45.2 Å². The van der Waals surface area contributed by atoms with Crippen molar-refractivity contribution in [3.05, 3.63) is 94.0 Å². The van der Waals surface area contributed by atoms with Crippen molar-refractivity contribution in [2.75, 3.05) is 10.8 Å². The zero-order valence-electron chi connectivity index (χ0n) is 23.3. The Bertz CT molecular complexity index is 1450. The van der Waals surface area contributed by atoms with Gasteiger partial charge in [-0.2, -0.15) is 0 Å². The Kier molecular flexibility index (Phi) is 10.3. The Hall–Kier alpha value is -3.07. The molecule has 0 spiro atoms. The molecule has 0 bridgehead atoms. The molecule has 40 heavy (non-hydrogen) atoms. The second-order valence-electron chi connectivity index (χ2n) is 10.6. The number of nitrogens with one attached hydrogen (secondary N) is 1. The molecule has 0 saturated carbocycles. The summed E-state index contributed by atoms with van der Waals surface area (Å²) in [5, 5.41) is 3.70. The molecule has 0 radical (unpaired) electrons. The molecule has 0 saturated heterocycles. The highest BCUT2D eigenvalue weighted by molar-refractivity contribution is 7.92. The van der Waals surface area contributed by atoms with Crippen molar-refractivity contribution in [2.45, 2.75) is 64.1 Å². The Morgan fingerprint density at radius 1 is 0.950 bits per heavy atom. The molecular formula is C30H35Cl2N3O4S. The molecule has 3 aromatic carbocycles. The smallest absolute Gasteiger partial charge is 0.264 e. The van der Waals surface area contributed by atoms with Crippen LogP contribution in [0.15, 0.2) is 77.7 Å². The first-order chi connectivity index (χ1) is 18.7. The summed E-state index contributed by atoms with van der Waals surface area (Å²) in [6.07, 6.45) is 0.306. The van der Waals surface area contributed by atoms with E-state index in [2.05, 4.69) is 5.32 Å². The van der Waals surface area contributed by atoms with Crippen LogP contribution in [-0.2, 0) is 26.2 Å². The van der Waals surface area contributed by atoms with Crippen LogP contribution in [0.25, 0.3) is 0 Å². The van der Waals surface area contributed by atoms with Crippen LogP contribution in [0.3, 0.4) is 0 Å². The van der Waals surface area contributed by atoms with Crippen molar-refractivity contribution < 1.29 is 18.0 Å². The predicted octanol–water partition coefficient (Wildman–Crippen LogP) is 6.22. The maximum Gasteiger partial charge on any atom is 0.264 e. The van der Waals surface area contributed by atoms with E-state index in [0.29, 0.717) is 22.0 Å². The zero-order valence-corrected chi connectivity index (χ0v) is 25.6. The molecule has 3 aromatic rings. The van der Waals surface area contributed by atoms with Crippen LogP contribution in [-0.4, -0.2) is 43.3 Å². The molecule has 10 heteroatoms. The molecule has 0 heterocycles. The van der Waals surface area contributed by atoms with Gasteiger partial charge in [-0.05, 0) is 76.1 Å². The second kappa shape index (κ2) is 13.1. The Morgan fingerprint density at radius 2 is 1.60 bits per heavy atom.